The third kappa shape index (κ3) is 6.53. The van der Waals surface area contributed by atoms with Crippen LogP contribution < -0.4 is 0 Å². The molecule has 0 aromatic carbocycles. The standard InChI is InChI=1S/C12H24N4O3S/c1-14(9-11-5-8-19-10-11)6-4-7-15(2)12(20-3)13-16(17)18/h11H,4-10H2,1-3H3. The first-order valence-electron chi connectivity index (χ1n) is 6.77. The maximum atomic E-state index is 10.4. The minimum absolute atomic E-state index is 0.446. The highest BCUT2D eigenvalue weighted by atomic mass is 32.2. The molecule has 1 aliphatic rings. The zero-order valence-electron chi connectivity index (χ0n) is 12.4. The van der Waals surface area contributed by atoms with Crippen molar-refractivity contribution in [2.45, 2.75) is 12.8 Å². The van der Waals surface area contributed by atoms with Gasteiger partial charge >= 0.3 is 0 Å². The van der Waals surface area contributed by atoms with E-state index >= 15 is 0 Å². The van der Waals surface area contributed by atoms with Crippen LogP contribution in [0.1, 0.15) is 12.8 Å². The summed E-state index contributed by atoms with van der Waals surface area (Å²) in [5.74, 6) is 0.649. The van der Waals surface area contributed by atoms with E-state index in [4.69, 9.17) is 4.74 Å². The van der Waals surface area contributed by atoms with Crippen LogP contribution in [0.5, 0.6) is 0 Å². The highest BCUT2D eigenvalue weighted by Crippen LogP contribution is 2.13. The Morgan fingerprint density at radius 1 is 1.50 bits per heavy atom. The zero-order valence-corrected chi connectivity index (χ0v) is 13.3. The van der Waals surface area contributed by atoms with Gasteiger partial charge in [-0.1, -0.05) is 11.8 Å². The Labute approximate surface area is 124 Å². The lowest BCUT2D eigenvalue weighted by atomic mass is 10.1. The predicted octanol–water partition coefficient (Wildman–Crippen LogP) is 1.19. The first-order chi connectivity index (χ1) is 9.52. The Hall–Kier alpha value is -0.860. The van der Waals surface area contributed by atoms with E-state index in [1.165, 1.54) is 11.8 Å². The number of hydrogen-bond donors (Lipinski definition) is 0. The molecule has 0 spiro atoms. The number of thioether (sulfide) groups is 1. The SMILES string of the molecule is CSC(=N[N+](=O)[O-])N(C)CCCN(C)CC1CCOC1. The molecule has 0 N–H and O–H groups in total. The Morgan fingerprint density at radius 2 is 2.25 bits per heavy atom. The van der Waals surface area contributed by atoms with Gasteiger partial charge in [0, 0.05) is 26.7 Å². The Kier molecular flexibility index (Phi) is 7.86. The smallest absolute Gasteiger partial charge is 0.237 e. The number of ether oxygens (including phenoxy) is 1. The van der Waals surface area contributed by atoms with Gasteiger partial charge in [-0.25, -0.2) is 10.1 Å². The van der Waals surface area contributed by atoms with Crippen molar-refractivity contribution >= 4 is 16.9 Å². The maximum Gasteiger partial charge on any atom is 0.237 e. The van der Waals surface area contributed by atoms with Crippen LogP contribution in [-0.2, 0) is 4.74 Å². The van der Waals surface area contributed by atoms with Gasteiger partial charge in [0.15, 0.2) is 5.03 Å². The van der Waals surface area contributed by atoms with E-state index in [1.807, 2.05) is 11.9 Å². The molecule has 1 rings (SSSR count). The summed E-state index contributed by atoms with van der Waals surface area (Å²) in [7, 11) is 3.95. The van der Waals surface area contributed by atoms with Gasteiger partial charge < -0.3 is 14.5 Å². The zero-order chi connectivity index (χ0) is 15.0. The van der Waals surface area contributed by atoms with Crippen LogP contribution in [-0.4, -0.2) is 73.2 Å². The molecule has 20 heavy (non-hydrogen) atoms. The minimum Gasteiger partial charge on any atom is -0.381 e. The average Bonchev–Trinajstić information content (AvgIpc) is 2.88. The fraction of sp³-hybridized carbons (Fsp3) is 0.917. The van der Waals surface area contributed by atoms with Gasteiger partial charge in [-0.2, -0.15) is 0 Å². The molecule has 1 atom stereocenters. The topological polar surface area (TPSA) is 71.2 Å². The second kappa shape index (κ2) is 9.15. The van der Waals surface area contributed by atoms with Gasteiger partial charge in [-0.05, 0) is 38.6 Å². The first kappa shape index (κ1) is 17.2. The molecule has 0 amide bonds. The number of nitrogens with zero attached hydrogens (tertiary/aromatic N) is 4. The summed E-state index contributed by atoms with van der Waals surface area (Å²) in [6, 6.07) is 0. The highest BCUT2D eigenvalue weighted by Gasteiger charge is 2.17. The monoisotopic (exact) mass is 304 g/mol. The first-order valence-corrected chi connectivity index (χ1v) is 7.99. The third-order valence-electron chi connectivity index (χ3n) is 3.30. The quantitative estimate of drug-likeness (QED) is 0.304. The molecule has 1 saturated heterocycles. The molecule has 7 nitrogen and oxygen atoms in total. The lowest BCUT2D eigenvalue weighted by Crippen LogP contribution is -2.31. The molecule has 0 aromatic rings. The summed E-state index contributed by atoms with van der Waals surface area (Å²) in [6.07, 6.45) is 3.90. The van der Waals surface area contributed by atoms with E-state index in [2.05, 4.69) is 17.0 Å². The molecule has 116 valence electrons. The van der Waals surface area contributed by atoms with Crippen molar-refractivity contribution < 1.29 is 9.77 Å². The van der Waals surface area contributed by atoms with E-state index < -0.39 is 5.03 Å². The molecule has 1 unspecified atom stereocenters. The summed E-state index contributed by atoms with van der Waals surface area (Å²) in [5.41, 5.74) is 0. The molecule has 0 radical (unpaired) electrons. The van der Waals surface area contributed by atoms with Gasteiger partial charge in [0.2, 0.25) is 5.17 Å². The lowest BCUT2D eigenvalue weighted by Gasteiger charge is -2.22. The van der Waals surface area contributed by atoms with Gasteiger partial charge in [-0.15, -0.1) is 0 Å². The van der Waals surface area contributed by atoms with Crippen LogP contribution in [0.25, 0.3) is 0 Å². The van der Waals surface area contributed by atoms with Crippen molar-refractivity contribution in [1.29, 1.82) is 0 Å². The molecule has 1 aliphatic heterocycles. The lowest BCUT2D eigenvalue weighted by molar-refractivity contribution is -0.485. The molecule has 1 fully saturated rings. The molecular formula is C12H24N4O3S. The second-order valence-electron chi connectivity index (χ2n) is 5.09. The van der Waals surface area contributed by atoms with E-state index in [0.29, 0.717) is 11.1 Å². The Balaban J connectivity index is 2.22. The third-order valence-corrected chi connectivity index (χ3v) is 4.06. The summed E-state index contributed by atoms with van der Waals surface area (Å²) in [4.78, 5) is 14.5. The van der Waals surface area contributed by atoms with Gasteiger partial charge in [-0.3, -0.25) is 0 Å². The van der Waals surface area contributed by atoms with E-state index in [-0.39, 0.29) is 0 Å². The Morgan fingerprint density at radius 3 is 2.80 bits per heavy atom. The van der Waals surface area contributed by atoms with Crippen LogP contribution in [0.15, 0.2) is 5.10 Å². The molecule has 0 bridgehead atoms. The van der Waals surface area contributed by atoms with Gasteiger partial charge in [0.1, 0.15) is 0 Å². The molecule has 8 heteroatoms. The van der Waals surface area contributed by atoms with Crippen molar-refractivity contribution in [1.82, 2.24) is 9.80 Å². The number of hydrazone groups is 1. The number of nitro groups is 1. The van der Waals surface area contributed by atoms with Crippen LogP contribution in [0.3, 0.4) is 0 Å². The van der Waals surface area contributed by atoms with E-state index in [1.54, 1.807) is 6.26 Å². The molecule has 0 saturated carbocycles. The van der Waals surface area contributed by atoms with Crippen molar-refractivity contribution in [3.05, 3.63) is 10.1 Å². The van der Waals surface area contributed by atoms with Crippen LogP contribution in [0, 0.1) is 16.0 Å². The van der Waals surface area contributed by atoms with Crippen LogP contribution in [0.4, 0.5) is 0 Å². The highest BCUT2D eigenvalue weighted by molar-refractivity contribution is 8.13. The maximum absolute atomic E-state index is 10.4. The molecule has 1 heterocycles. The second-order valence-corrected chi connectivity index (χ2v) is 5.86. The number of hydrogen-bond acceptors (Lipinski definition) is 5. The van der Waals surface area contributed by atoms with Crippen LogP contribution in [0.2, 0.25) is 0 Å². The summed E-state index contributed by atoms with van der Waals surface area (Å²) in [6.45, 7) is 4.55. The fourth-order valence-electron chi connectivity index (χ4n) is 2.28. The van der Waals surface area contributed by atoms with Crippen molar-refractivity contribution in [2.75, 3.05) is 53.2 Å². The minimum atomic E-state index is -0.644. The molecular weight excluding hydrogens is 280 g/mol. The van der Waals surface area contributed by atoms with E-state index in [9.17, 15) is 10.1 Å². The number of rotatable bonds is 7. The molecule has 0 aliphatic carbocycles. The average molecular weight is 304 g/mol. The van der Waals surface area contributed by atoms with Gasteiger partial charge in [0.05, 0.1) is 11.7 Å². The van der Waals surface area contributed by atoms with Crippen molar-refractivity contribution in [2.24, 2.45) is 11.0 Å². The number of amidine groups is 1. The summed E-state index contributed by atoms with van der Waals surface area (Å²) >= 11 is 1.30. The van der Waals surface area contributed by atoms with E-state index in [0.717, 1.165) is 45.7 Å². The normalized spacial score (nSPS) is 19.6. The van der Waals surface area contributed by atoms with Crippen LogP contribution >= 0.6 is 11.8 Å². The van der Waals surface area contributed by atoms with Crippen molar-refractivity contribution in [3.63, 3.8) is 0 Å². The summed E-state index contributed by atoms with van der Waals surface area (Å²) < 4.78 is 5.37. The largest absolute Gasteiger partial charge is 0.381 e. The van der Waals surface area contributed by atoms with Crippen molar-refractivity contribution in [3.8, 4) is 0 Å². The Bertz CT molecular complexity index is 335. The predicted molar refractivity (Wildman–Crippen MR) is 81.6 cm³/mol. The molecule has 0 aromatic heterocycles. The summed E-state index contributed by atoms with van der Waals surface area (Å²) in [5, 5.41) is 13.6. The fourth-order valence-corrected chi connectivity index (χ4v) is 2.83. The van der Waals surface area contributed by atoms with Gasteiger partial charge in [0.25, 0.3) is 0 Å².